The van der Waals surface area contributed by atoms with Crippen LogP contribution in [0.15, 0.2) is 23.1 Å². The molecule has 0 aliphatic carbocycles. The smallest absolute Gasteiger partial charge is 0.282 e. The molecular formula is C8H13O3PS. The SMILES string of the molecule is Cc1cccc(S(=O)(=O)O)c1C.P. The summed E-state index contributed by atoms with van der Waals surface area (Å²) in [6, 6.07) is 4.78. The summed E-state index contributed by atoms with van der Waals surface area (Å²) < 4.78 is 30.3. The fourth-order valence-electron chi connectivity index (χ4n) is 1.00. The fourth-order valence-corrected chi connectivity index (χ4v) is 1.80. The van der Waals surface area contributed by atoms with E-state index in [1.807, 2.05) is 0 Å². The maximum atomic E-state index is 10.8. The largest absolute Gasteiger partial charge is 0.294 e. The van der Waals surface area contributed by atoms with Crippen LogP contribution in [0.3, 0.4) is 0 Å². The van der Waals surface area contributed by atoms with Crippen LogP contribution >= 0.6 is 9.90 Å². The van der Waals surface area contributed by atoms with Gasteiger partial charge in [0.2, 0.25) is 0 Å². The molecule has 0 amide bonds. The van der Waals surface area contributed by atoms with Crippen LogP contribution in [0.4, 0.5) is 0 Å². The fraction of sp³-hybridized carbons (Fsp3) is 0.250. The molecule has 0 spiro atoms. The van der Waals surface area contributed by atoms with Gasteiger partial charge >= 0.3 is 0 Å². The Morgan fingerprint density at radius 2 is 1.77 bits per heavy atom. The van der Waals surface area contributed by atoms with E-state index in [0.717, 1.165) is 5.56 Å². The molecule has 1 aromatic rings. The van der Waals surface area contributed by atoms with E-state index in [-0.39, 0.29) is 14.8 Å². The van der Waals surface area contributed by atoms with E-state index < -0.39 is 10.1 Å². The Morgan fingerprint density at radius 1 is 1.23 bits per heavy atom. The number of rotatable bonds is 1. The Labute approximate surface area is 81.5 Å². The third-order valence-electron chi connectivity index (χ3n) is 1.83. The molecular weight excluding hydrogens is 207 g/mol. The van der Waals surface area contributed by atoms with Crippen LogP contribution in [0.2, 0.25) is 0 Å². The first-order valence-electron chi connectivity index (χ1n) is 3.46. The molecule has 3 nitrogen and oxygen atoms in total. The highest BCUT2D eigenvalue weighted by molar-refractivity contribution is 7.85. The second kappa shape index (κ2) is 4.18. The predicted molar refractivity (Wildman–Crippen MR) is 56.8 cm³/mol. The molecule has 74 valence electrons. The van der Waals surface area contributed by atoms with Crippen LogP contribution in [-0.2, 0) is 10.1 Å². The molecule has 0 fully saturated rings. The van der Waals surface area contributed by atoms with E-state index in [1.165, 1.54) is 6.07 Å². The molecule has 1 unspecified atom stereocenters. The van der Waals surface area contributed by atoms with E-state index in [9.17, 15) is 8.42 Å². The van der Waals surface area contributed by atoms with Crippen molar-refractivity contribution in [2.75, 3.05) is 0 Å². The zero-order valence-electron chi connectivity index (χ0n) is 7.61. The summed E-state index contributed by atoms with van der Waals surface area (Å²) in [6.45, 7) is 3.46. The summed E-state index contributed by atoms with van der Waals surface area (Å²) in [5, 5.41) is 0. The van der Waals surface area contributed by atoms with Crippen molar-refractivity contribution in [1.82, 2.24) is 0 Å². The summed E-state index contributed by atoms with van der Waals surface area (Å²) in [5.74, 6) is 0. The molecule has 0 saturated heterocycles. The summed E-state index contributed by atoms with van der Waals surface area (Å²) in [6.07, 6.45) is 0. The topological polar surface area (TPSA) is 54.4 Å². The Kier molecular flexibility index (Phi) is 4.04. The number of hydrogen-bond acceptors (Lipinski definition) is 2. The Balaban J connectivity index is 0.00000144. The van der Waals surface area contributed by atoms with Gasteiger partial charge in [0.15, 0.2) is 0 Å². The molecule has 5 heteroatoms. The highest BCUT2D eigenvalue weighted by atomic mass is 32.2. The van der Waals surface area contributed by atoms with Crippen molar-refractivity contribution in [2.45, 2.75) is 18.7 Å². The lowest BCUT2D eigenvalue weighted by molar-refractivity contribution is 0.482. The van der Waals surface area contributed by atoms with Gasteiger partial charge in [-0.2, -0.15) is 18.3 Å². The second-order valence-corrected chi connectivity index (χ2v) is 4.06. The van der Waals surface area contributed by atoms with Gasteiger partial charge in [0.05, 0.1) is 4.90 Å². The van der Waals surface area contributed by atoms with Crippen molar-refractivity contribution in [1.29, 1.82) is 0 Å². The van der Waals surface area contributed by atoms with Gasteiger partial charge in [0.1, 0.15) is 0 Å². The molecule has 0 radical (unpaired) electrons. The third kappa shape index (κ3) is 2.76. The Morgan fingerprint density at radius 3 is 2.15 bits per heavy atom. The van der Waals surface area contributed by atoms with Gasteiger partial charge < -0.3 is 0 Å². The van der Waals surface area contributed by atoms with Crippen LogP contribution in [0.5, 0.6) is 0 Å². The molecule has 0 heterocycles. The normalized spacial score (nSPS) is 10.7. The third-order valence-corrected chi connectivity index (χ3v) is 2.83. The molecule has 1 aromatic carbocycles. The zero-order valence-corrected chi connectivity index (χ0v) is 9.84. The summed E-state index contributed by atoms with van der Waals surface area (Å²) in [4.78, 5) is -0.0116. The van der Waals surface area contributed by atoms with E-state index >= 15 is 0 Å². The van der Waals surface area contributed by atoms with E-state index in [0.29, 0.717) is 5.56 Å². The van der Waals surface area contributed by atoms with E-state index in [1.54, 1.807) is 26.0 Å². The molecule has 0 saturated carbocycles. The first kappa shape index (κ1) is 12.6. The minimum absolute atomic E-state index is 0. The first-order chi connectivity index (χ1) is 5.43. The van der Waals surface area contributed by atoms with Gasteiger partial charge in [0, 0.05) is 0 Å². The predicted octanol–water partition coefficient (Wildman–Crippen LogP) is 1.61. The molecule has 0 bridgehead atoms. The Bertz CT molecular complexity index is 398. The van der Waals surface area contributed by atoms with Crippen LogP contribution in [-0.4, -0.2) is 13.0 Å². The van der Waals surface area contributed by atoms with Crippen LogP contribution in [0.1, 0.15) is 11.1 Å². The molecule has 13 heavy (non-hydrogen) atoms. The maximum absolute atomic E-state index is 10.8. The van der Waals surface area contributed by atoms with Crippen molar-refractivity contribution in [3.63, 3.8) is 0 Å². The monoisotopic (exact) mass is 220 g/mol. The van der Waals surface area contributed by atoms with Gasteiger partial charge in [-0.15, -0.1) is 0 Å². The molecule has 0 aromatic heterocycles. The van der Waals surface area contributed by atoms with Gasteiger partial charge in [-0.05, 0) is 31.0 Å². The lowest BCUT2D eigenvalue weighted by Crippen LogP contribution is -2.01. The summed E-state index contributed by atoms with van der Waals surface area (Å²) in [5.41, 5.74) is 1.45. The van der Waals surface area contributed by atoms with Crippen LogP contribution < -0.4 is 0 Å². The highest BCUT2D eigenvalue weighted by Gasteiger charge is 2.12. The van der Waals surface area contributed by atoms with Gasteiger partial charge in [0.25, 0.3) is 10.1 Å². The van der Waals surface area contributed by atoms with Crippen molar-refractivity contribution < 1.29 is 13.0 Å². The first-order valence-corrected chi connectivity index (χ1v) is 4.90. The lowest BCUT2D eigenvalue weighted by Gasteiger charge is -2.03. The highest BCUT2D eigenvalue weighted by Crippen LogP contribution is 2.17. The quantitative estimate of drug-likeness (QED) is 0.577. The molecule has 0 aliphatic heterocycles. The van der Waals surface area contributed by atoms with Gasteiger partial charge in [-0.25, -0.2) is 0 Å². The minimum Gasteiger partial charge on any atom is -0.282 e. The second-order valence-electron chi connectivity index (χ2n) is 2.67. The summed E-state index contributed by atoms with van der Waals surface area (Å²) >= 11 is 0. The van der Waals surface area contributed by atoms with E-state index in [4.69, 9.17) is 4.55 Å². The van der Waals surface area contributed by atoms with Crippen molar-refractivity contribution >= 4 is 20.0 Å². The van der Waals surface area contributed by atoms with Crippen molar-refractivity contribution in [3.8, 4) is 0 Å². The molecule has 1 N–H and O–H groups in total. The van der Waals surface area contributed by atoms with Gasteiger partial charge in [-0.3, -0.25) is 4.55 Å². The lowest BCUT2D eigenvalue weighted by atomic mass is 10.1. The average Bonchev–Trinajstić information content (AvgIpc) is 1.92. The number of hydrogen-bond donors (Lipinski definition) is 1. The molecule has 1 rings (SSSR count). The molecule has 0 aliphatic rings. The Hall–Kier alpha value is -0.440. The van der Waals surface area contributed by atoms with Crippen LogP contribution in [0, 0.1) is 13.8 Å². The van der Waals surface area contributed by atoms with Gasteiger partial charge in [-0.1, -0.05) is 12.1 Å². The average molecular weight is 220 g/mol. The minimum atomic E-state index is -4.06. The van der Waals surface area contributed by atoms with Crippen molar-refractivity contribution in [3.05, 3.63) is 29.3 Å². The summed E-state index contributed by atoms with van der Waals surface area (Å²) in [7, 11) is -4.06. The number of benzene rings is 1. The zero-order chi connectivity index (χ0) is 9.35. The standard InChI is InChI=1S/C8H10O3S.H3P/c1-6-4-3-5-8(7(6)2)12(9,10)11;/h3-5H,1-2H3,(H,9,10,11);1H3. The maximum Gasteiger partial charge on any atom is 0.294 e. The van der Waals surface area contributed by atoms with Crippen LogP contribution in [0.25, 0.3) is 0 Å². The number of aryl methyl sites for hydroxylation is 1. The molecule has 1 atom stereocenters. The van der Waals surface area contributed by atoms with Crippen molar-refractivity contribution in [2.24, 2.45) is 0 Å². The van der Waals surface area contributed by atoms with E-state index in [2.05, 4.69) is 0 Å².